The highest BCUT2D eigenvalue weighted by Crippen LogP contribution is 2.37. The summed E-state index contributed by atoms with van der Waals surface area (Å²) >= 11 is 0. The topological polar surface area (TPSA) is 56.1 Å². The van der Waals surface area contributed by atoms with Gasteiger partial charge in [0.25, 0.3) is 5.91 Å². The summed E-state index contributed by atoms with van der Waals surface area (Å²) in [6.07, 6.45) is 3.42. The summed E-state index contributed by atoms with van der Waals surface area (Å²) in [6, 6.07) is 9.61. The summed E-state index contributed by atoms with van der Waals surface area (Å²) in [5, 5.41) is 0. The van der Waals surface area contributed by atoms with Crippen LogP contribution in [0.25, 0.3) is 16.9 Å². The van der Waals surface area contributed by atoms with Gasteiger partial charge < -0.3 is 18.8 Å². The van der Waals surface area contributed by atoms with E-state index >= 15 is 0 Å². The van der Waals surface area contributed by atoms with Crippen molar-refractivity contribution in [3.8, 4) is 22.8 Å². The molecule has 25 heavy (non-hydrogen) atoms. The van der Waals surface area contributed by atoms with Crippen molar-refractivity contribution in [1.82, 2.24) is 9.38 Å². The normalized spacial score (nSPS) is 16.7. The molecular weight excluding hydrogens is 318 g/mol. The van der Waals surface area contributed by atoms with Gasteiger partial charge in [-0.15, -0.1) is 0 Å². The number of aromatic nitrogens is 2. The van der Waals surface area contributed by atoms with Crippen molar-refractivity contribution in [3.63, 3.8) is 0 Å². The minimum Gasteiger partial charge on any atom is -0.490 e. The summed E-state index contributed by atoms with van der Waals surface area (Å²) < 4.78 is 13.3. The highest BCUT2D eigenvalue weighted by atomic mass is 16.5. The molecule has 0 saturated carbocycles. The van der Waals surface area contributed by atoms with Gasteiger partial charge >= 0.3 is 0 Å². The minimum absolute atomic E-state index is 0.0571. The van der Waals surface area contributed by atoms with Gasteiger partial charge in [0.05, 0.1) is 18.0 Å². The van der Waals surface area contributed by atoms with Crippen molar-refractivity contribution >= 4 is 17.2 Å². The van der Waals surface area contributed by atoms with E-state index < -0.39 is 6.10 Å². The molecule has 0 fully saturated rings. The van der Waals surface area contributed by atoms with E-state index in [1.165, 1.54) is 0 Å². The van der Waals surface area contributed by atoms with Gasteiger partial charge in [-0.3, -0.25) is 4.79 Å². The Morgan fingerprint density at radius 3 is 2.96 bits per heavy atom. The van der Waals surface area contributed by atoms with Gasteiger partial charge in [0.1, 0.15) is 5.75 Å². The molecule has 1 unspecified atom stereocenters. The quantitative estimate of drug-likeness (QED) is 0.737. The van der Waals surface area contributed by atoms with Crippen LogP contribution in [0.2, 0.25) is 0 Å². The molecule has 1 aromatic carbocycles. The molecule has 1 amide bonds. The van der Waals surface area contributed by atoms with E-state index in [1.807, 2.05) is 54.0 Å². The zero-order valence-electron chi connectivity index (χ0n) is 14.4. The molecule has 6 heteroatoms. The summed E-state index contributed by atoms with van der Waals surface area (Å²) in [7, 11) is 1.76. The maximum Gasteiger partial charge on any atom is 0.267 e. The molecule has 1 atom stereocenters. The van der Waals surface area contributed by atoms with E-state index in [0.717, 1.165) is 28.3 Å². The predicted molar refractivity (Wildman–Crippen MR) is 95.3 cm³/mol. The van der Waals surface area contributed by atoms with Crippen molar-refractivity contribution in [2.24, 2.45) is 0 Å². The number of anilines is 1. The maximum absolute atomic E-state index is 12.2. The van der Waals surface area contributed by atoms with Gasteiger partial charge in [0.2, 0.25) is 0 Å². The van der Waals surface area contributed by atoms with Crippen LogP contribution in [0, 0.1) is 0 Å². The molecule has 0 saturated heterocycles. The predicted octanol–water partition coefficient (Wildman–Crippen LogP) is 3.14. The molecule has 0 spiro atoms. The number of benzene rings is 1. The number of carbonyl (C=O) groups excluding carboxylic acids is 1. The van der Waals surface area contributed by atoms with Crippen LogP contribution in [0.3, 0.4) is 0 Å². The number of hydrogen-bond donors (Lipinski definition) is 0. The second kappa shape index (κ2) is 5.81. The van der Waals surface area contributed by atoms with Crippen LogP contribution in [-0.4, -0.2) is 35.1 Å². The second-order valence-electron chi connectivity index (χ2n) is 6.00. The van der Waals surface area contributed by atoms with Crippen LogP contribution >= 0.6 is 0 Å². The van der Waals surface area contributed by atoms with Gasteiger partial charge in [0.15, 0.2) is 17.5 Å². The average Bonchev–Trinajstić information content (AvgIpc) is 3.05. The minimum atomic E-state index is -0.465. The van der Waals surface area contributed by atoms with Gasteiger partial charge in [0, 0.05) is 25.0 Å². The fourth-order valence-electron chi connectivity index (χ4n) is 3.07. The fraction of sp³-hybridized carbons (Fsp3) is 0.263. The van der Waals surface area contributed by atoms with Crippen LogP contribution in [0.5, 0.6) is 11.5 Å². The molecule has 0 aliphatic carbocycles. The van der Waals surface area contributed by atoms with Crippen LogP contribution in [-0.2, 0) is 4.79 Å². The lowest BCUT2D eigenvalue weighted by Crippen LogP contribution is -2.41. The van der Waals surface area contributed by atoms with Crippen molar-refractivity contribution in [2.45, 2.75) is 20.0 Å². The van der Waals surface area contributed by atoms with Gasteiger partial charge in [-0.25, -0.2) is 4.98 Å². The maximum atomic E-state index is 12.2. The number of rotatable bonds is 3. The Morgan fingerprint density at radius 1 is 1.32 bits per heavy atom. The average molecular weight is 337 g/mol. The van der Waals surface area contributed by atoms with Crippen molar-refractivity contribution in [2.75, 3.05) is 18.6 Å². The SMILES string of the molecule is CCOc1cccn2cc(-c3ccc4c(c3)N(C)C(=O)C(C)O4)nc12. The van der Waals surface area contributed by atoms with Crippen LogP contribution in [0.4, 0.5) is 5.69 Å². The monoisotopic (exact) mass is 337 g/mol. The Kier molecular flexibility index (Phi) is 3.60. The largest absolute Gasteiger partial charge is 0.490 e. The van der Waals surface area contributed by atoms with E-state index in [9.17, 15) is 4.79 Å². The molecule has 128 valence electrons. The third-order valence-corrected chi connectivity index (χ3v) is 4.34. The van der Waals surface area contributed by atoms with Crippen molar-refractivity contribution in [1.29, 1.82) is 0 Å². The molecule has 3 aromatic rings. The Bertz CT molecular complexity index is 964. The molecule has 1 aliphatic rings. The number of amides is 1. The first-order valence-corrected chi connectivity index (χ1v) is 8.27. The molecule has 3 heterocycles. The smallest absolute Gasteiger partial charge is 0.267 e. The summed E-state index contributed by atoms with van der Waals surface area (Å²) in [5.41, 5.74) is 3.26. The second-order valence-corrected chi connectivity index (χ2v) is 6.00. The molecule has 0 radical (unpaired) electrons. The molecule has 2 aromatic heterocycles. The van der Waals surface area contributed by atoms with Gasteiger partial charge in [-0.05, 0) is 44.2 Å². The van der Waals surface area contributed by atoms with Crippen LogP contribution in [0.1, 0.15) is 13.8 Å². The van der Waals surface area contributed by atoms with Crippen molar-refractivity contribution < 1.29 is 14.3 Å². The third kappa shape index (κ3) is 2.50. The lowest BCUT2D eigenvalue weighted by atomic mass is 10.1. The lowest BCUT2D eigenvalue weighted by molar-refractivity contribution is -0.125. The number of hydrogen-bond acceptors (Lipinski definition) is 4. The highest BCUT2D eigenvalue weighted by Gasteiger charge is 2.29. The fourth-order valence-corrected chi connectivity index (χ4v) is 3.07. The number of ether oxygens (including phenoxy) is 2. The first kappa shape index (κ1) is 15.5. The van der Waals surface area contributed by atoms with Crippen molar-refractivity contribution in [3.05, 3.63) is 42.7 Å². The molecule has 0 N–H and O–H groups in total. The number of likely N-dealkylation sites (N-methyl/N-ethyl adjacent to an activating group) is 1. The first-order chi connectivity index (χ1) is 12.1. The van der Waals surface area contributed by atoms with E-state index in [2.05, 4.69) is 0 Å². The Hall–Kier alpha value is -3.02. The number of imidazole rings is 1. The standard InChI is InChI=1S/C19H19N3O3/c1-4-24-17-6-5-9-22-11-14(20-18(17)22)13-7-8-16-15(10-13)21(3)19(23)12(2)25-16/h5-12H,4H2,1-3H3. The molecule has 6 nitrogen and oxygen atoms in total. The first-order valence-electron chi connectivity index (χ1n) is 8.27. The number of pyridine rings is 1. The van der Waals surface area contributed by atoms with E-state index in [1.54, 1.807) is 18.9 Å². The third-order valence-electron chi connectivity index (χ3n) is 4.34. The summed E-state index contributed by atoms with van der Waals surface area (Å²) in [4.78, 5) is 18.5. The summed E-state index contributed by atoms with van der Waals surface area (Å²) in [5.74, 6) is 1.40. The molecular formula is C19H19N3O3. The lowest BCUT2D eigenvalue weighted by Gasteiger charge is -2.30. The number of fused-ring (bicyclic) bond motifs is 2. The van der Waals surface area contributed by atoms with E-state index in [4.69, 9.17) is 14.5 Å². The Morgan fingerprint density at radius 2 is 2.16 bits per heavy atom. The van der Waals surface area contributed by atoms with E-state index in [0.29, 0.717) is 12.4 Å². The molecule has 4 rings (SSSR count). The number of carbonyl (C=O) groups is 1. The van der Waals surface area contributed by atoms with Gasteiger partial charge in [-0.1, -0.05) is 0 Å². The van der Waals surface area contributed by atoms with Gasteiger partial charge in [-0.2, -0.15) is 0 Å². The Labute approximate surface area is 145 Å². The Balaban J connectivity index is 1.79. The van der Waals surface area contributed by atoms with Crippen LogP contribution < -0.4 is 14.4 Å². The zero-order chi connectivity index (χ0) is 17.6. The number of nitrogens with zero attached hydrogens (tertiary/aromatic N) is 3. The van der Waals surface area contributed by atoms with E-state index in [-0.39, 0.29) is 5.91 Å². The molecule has 0 bridgehead atoms. The zero-order valence-corrected chi connectivity index (χ0v) is 14.4. The highest BCUT2D eigenvalue weighted by molar-refractivity contribution is 6.00. The molecule has 1 aliphatic heterocycles. The van der Waals surface area contributed by atoms with Crippen LogP contribution in [0.15, 0.2) is 42.7 Å². The summed E-state index contributed by atoms with van der Waals surface area (Å²) in [6.45, 7) is 4.29.